The smallest absolute Gasteiger partial charge is 0.305 e. The molecular formula is C69H122N12O16. The summed E-state index contributed by atoms with van der Waals surface area (Å²) in [4.78, 5) is 191. The van der Waals surface area contributed by atoms with Crippen molar-refractivity contribution in [3.05, 3.63) is 0 Å². The summed E-state index contributed by atoms with van der Waals surface area (Å²) in [6.07, 6.45) is 0.606. The van der Waals surface area contributed by atoms with Crippen molar-refractivity contribution in [3.63, 3.8) is 0 Å². The number of methoxy groups -OCH3 is 1. The second-order valence-corrected chi connectivity index (χ2v) is 29.0. The number of amides is 11. The zero-order valence-corrected chi connectivity index (χ0v) is 62.7. The quantitative estimate of drug-likeness (QED) is 0.0948. The predicted molar refractivity (Wildman–Crippen MR) is 365 cm³/mol. The Labute approximate surface area is 577 Å². The number of carbonyl (C=O) groups excluding carboxylic acids is 12. The van der Waals surface area contributed by atoms with E-state index in [4.69, 9.17) is 19.0 Å². The van der Waals surface area contributed by atoms with Gasteiger partial charge >= 0.3 is 5.97 Å². The van der Waals surface area contributed by atoms with E-state index in [0.29, 0.717) is 32.5 Å². The molecular weight excluding hydrogens is 1250 g/mol. The zero-order chi connectivity index (χ0) is 73.8. The van der Waals surface area contributed by atoms with Crippen LogP contribution in [-0.2, 0) is 76.6 Å². The molecule has 3 rings (SSSR count). The molecule has 97 heavy (non-hydrogen) atoms. The van der Waals surface area contributed by atoms with Crippen molar-refractivity contribution >= 4 is 70.9 Å². The molecule has 3 fully saturated rings. The van der Waals surface area contributed by atoms with Gasteiger partial charge in [-0.25, -0.2) is 5.06 Å². The molecule has 4 N–H and O–H groups in total. The van der Waals surface area contributed by atoms with Gasteiger partial charge in [0.15, 0.2) is 6.04 Å². The molecule has 11 amide bonds. The summed E-state index contributed by atoms with van der Waals surface area (Å²) in [5.74, 6) is -10.3. The highest BCUT2D eigenvalue weighted by Gasteiger charge is 2.55. The number of likely N-dealkylation sites (N-methyl/N-ethyl adjacent to an activating group) is 6. The number of nitrogens with one attached hydrogen (secondary N) is 4. The molecule has 0 bridgehead atoms. The first kappa shape index (κ1) is 84.7. The third-order valence-corrected chi connectivity index (χ3v) is 19.0. The summed E-state index contributed by atoms with van der Waals surface area (Å²) in [6, 6.07) is -13.9. The SMILES string of the molecule is CC[C@@H]1NC(=O)[C@@H]2[C@@H](C(C)CCCC(=O)OC)ON2C(=O)C(C(C)C)N(C)C(=O)[C@H](CC(C)C)N(C)C(=O)[C@H](CC(C)C)N(C)C(=O)[C@@H](C)NC(=O)C(C)NC(=O)[C@H](CC(C)C)N(C)C(=O)[C@H](C(C)C)NC(=O)[C@H]([C@@H](C)OCCCCN2CCOCC2)N(C)C(=O)[C@@H](C)N(C)C1=O. The van der Waals surface area contributed by atoms with Crippen LogP contribution in [0.2, 0.25) is 0 Å². The lowest BCUT2D eigenvalue weighted by Gasteiger charge is -2.50. The van der Waals surface area contributed by atoms with E-state index in [-0.39, 0.29) is 56.5 Å². The Bertz CT molecular complexity index is 2670. The van der Waals surface area contributed by atoms with Crippen LogP contribution in [0.1, 0.15) is 169 Å². The molecule has 0 radical (unpaired) electrons. The molecule has 14 atom stereocenters. The van der Waals surface area contributed by atoms with E-state index in [1.807, 2.05) is 41.5 Å². The summed E-state index contributed by atoms with van der Waals surface area (Å²) < 4.78 is 16.7. The Morgan fingerprint density at radius 2 is 1.04 bits per heavy atom. The van der Waals surface area contributed by atoms with E-state index in [1.165, 1.54) is 94.7 Å². The number of fused-ring (bicyclic) bond motifs is 1. The van der Waals surface area contributed by atoms with Gasteiger partial charge in [0.1, 0.15) is 66.5 Å². The van der Waals surface area contributed by atoms with Crippen LogP contribution >= 0.6 is 0 Å². The summed E-state index contributed by atoms with van der Waals surface area (Å²) in [5, 5.41) is 12.0. The molecule has 554 valence electrons. The van der Waals surface area contributed by atoms with Crippen LogP contribution in [0, 0.1) is 35.5 Å². The topological polar surface area (TPSA) is 316 Å². The molecule has 28 heteroatoms. The number of rotatable bonds is 21. The normalized spacial score (nSPS) is 28.0. The molecule has 0 saturated carbocycles. The molecule has 3 saturated heterocycles. The van der Waals surface area contributed by atoms with Gasteiger partial charge in [0.2, 0.25) is 59.1 Å². The van der Waals surface area contributed by atoms with Gasteiger partial charge in [-0.3, -0.25) is 67.3 Å². The number of unbranched alkanes of at least 4 members (excludes halogenated alkanes) is 1. The van der Waals surface area contributed by atoms with E-state index < -0.39 is 167 Å². The van der Waals surface area contributed by atoms with Crippen molar-refractivity contribution in [2.75, 3.05) is 88.9 Å². The third-order valence-electron chi connectivity index (χ3n) is 19.0. The van der Waals surface area contributed by atoms with Crippen molar-refractivity contribution < 1.29 is 76.6 Å². The van der Waals surface area contributed by atoms with Crippen LogP contribution < -0.4 is 21.3 Å². The second kappa shape index (κ2) is 39.3. The number of ether oxygens (including phenoxy) is 3. The molecule has 0 spiro atoms. The maximum absolute atomic E-state index is 15.2. The predicted octanol–water partition coefficient (Wildman–Crippen LogP) is 2.83. The second-order valence-electron chi connectivity index (χ2n) is 29.0. The van der Waals surface area contributed by atoms with Crippen molar-refractivity contribution in [1.82, 2.24) is 60.6 Å². The minimum absolute atomic E-state index is 0.0110. The lowest BCUT2D eigenvalue weighted by molar-refractivity contribution is -0.322. The monoisotopic (exact) mass is 1370 g/mol. The average molecular weight is 1380 g/mol. The van der Waals surface area contributed by atoms with Crippen LogP contribution in [0.15, 0.2) is 0 Å². The highest BCUT2D eigenvalue weighted by atomic mass is 16.7. The Kier molecular flexibility index (Phi) is 34.3. The summed E-state index contributed by atoms with van der Waals surface area (Å²) in [7, 11) is 9.83. The lowest BCUT2D eigenvalue weighted by Crippen LogP contribution is -2.72. The van der Waals surface area contributed by atoms with Gasteiger partial charge in [-0.05, 0) is 121 Å². The van der Waals surface area contributed by atoms with Gasteiger partial charge in [-0.15, -0.1) is 0 Å². The van der Waals surface area contributed by atoms with Crippen LogP contribution in [0.4, 0.5) is 0 Å². The number of hydrogen-bond acceptors (Lipinski definition) is 17. The largest absolute Gasteiger partial charge is 0.469 e. The molecule has 0 aromatic rings. The minimum Gasteiger partial charge on any atom is -0.469 e. The molecule has 28 nitrogen and oxygen atoms in total. The van der Waals surface area contributed by atoms with E-state index >= 15 is 24.0 Å². The maximum atomic E-state index is 15.2. The van der Waals surface area contributed by atoms with Crippen molar-refractivity contribution in [2.45, 2.75) is 247 Å². The fourth-order valence-electron chi connectivity index (χ4n) is 12.8. The van der Waals surface area contributed by atoms with E-state index in [9.17, 15) is 33.6 Å². The highest BCUT2D eigenvalue weighted by molar-refractivity contribution is 6.00. The van der Waals surface area contributed by atoms with Gasteiger partial charge in [-0.1, -0.05) is 83.1 Å². The maximum Gasteiger partial charge on any atom is 0.305 e. The van der Waals surface area contributed by atoms with Gasteiger partial charge in [0.25, 0.3) is 5.91 Å². The Morgan fingerprint density at radius 1 is 0.526 bits per heavy atom. The van der Waals surface area contributed by atoms with Crippen LogP contribution in [0.3, 0.4) is 0 Å². The molecule has 3 aliphatic heterocycles. The first-order valence-corrected chi connectivity index (χ1v) is 35.1. The molecule has 0 aromatic carbocycles. The van der Waals surface area contributed by atoms with Gasteiger partial charge in [-0.2, -0.15) is 0 Å². The van der Waals surface area contributed by atoms with Crippen molar-refractivity contribution in [3.8, 4) is 0 Å². The van der Waals surface area contributed by atoms with E-state index in [1.54, 1.807) is 48.5 Å². The average Bonchev–Trinajstić information content (AvgIpc) is 0.754. The van der Waals surface area contributed by atoms with Crippen LogP contribution in [-0.4, -0.2) is 278 Å². The summed E-state index contributed by atoms with van der Waals surface area (Å²) in [5.41, 5.74) is 0. The van der Waals surface area contributed by atoms with Gasteiger partial charge in [0, 0.05) is 68.4 Å². The number of morpholine rings is 1. The first-order valence-electron chi connectivity index (χ1n) is 35.1. The Balaban J connectivity index is 2.29. The number of hydroxylamine groups is 2. The lowest BCUT2D eigenvalue weighted by atomic mass is 9.88. The minimum atomic E-state index is -1.40. The van der Waals surface area contributed by atoms with E-state index in [2.05, 4.69) is 26.2 Å². The fourth-order valence-corrected chi connectivity index (χ4v) is 12.8. The number of hydrogen-bond donors (Lipinski definition) is 4. The van der Waals surface area contributed by atoms with Crippen molar-refractivity contribution in [1.29, 1.82) is 0 Å². The summed E-state index contributed by atoms with van der Waals surface area (Å²) >= 11 is 0. The molecule has 3 heterocycles. The number of carbonyl (C=O) groups is 12. The molecule has 0 aromatic heterocycles. The fraction of sp³-hybridized carbons (Fsp3) is 0.826. The van der Waals surface area contributed by atoms with E-state index in [0.717, 1.165) is 36.0 Å². The van der Waals surface area contributed by atoms with Crippen LogP contribution in [0.25, 0.3) is 0 Å². The first-order chi connectivity index (χ1) is 45.3. The zero-order valence-electron chi connectivity index (χ0n) is 62.7. The molecule has 0 aliphatic carbocycles. The summed E-state index contributed by atoms with van der Waals surface area (Å²) in [6.45, 7) is 31.4. The molecule has 3 unspecified atom stereocenters. The number of nitrogens with zero attached hydrogens (tertiary/aromatic N) is 8. The van der Waals surface area contributed by atoms with Gasteiger partial charge < -0.3 is 64.9 Å². The highest BCUT2D eigenvalue weighted by Crippen LogP contribution is 2.34. The van der Waals surface area contributed by atoms with Gasteiger partial charge in [0.05, 0.1) is 26.4 Å². The van der Waals surface area contributed by atoms with Crippen LogP contribution in [0.5, 0.6) is 0 Å². The third kappa shape index (κ3) is 23.3. The Morgan fingerprint density at radius 3 is 1.57 bits per heavy atom. The standard InChI is InChI=1S/C69H122N12O16/c1-24-49-65(89)74(17)47(15)64(88)79(22)56(48(16)96-33-26-25-30-80-31-34-95-35-32-80)61(85)73-54(42(8)9)68(92)75(18)50(36-39(2)3)60(84)70-45(13)59(83)71-46(14)63(87)76(19)51(37-40(4)5)66(90)77(20)52(38-41(6)7)67(91)78(21)55(43(10)11)69(93)81-57(62(86)72-49)58(97-81)44(12)28-27-29-53(82)94-23/h39-52,54-58H,24-38H2,1-23H3,(H,70,84)(H,71,83)(H,72,86)(H,73,85)/t44?,45?,46-,47-,48-,49+,50+,51+,52+,54+,55?,56+,57+,58-/m1/s1. The number of esters is 1. The van der Waals surface area contributed by atoms with Crippen molar-refractivity contribution in [2.24, 2.45) is 35.5 Å². The molecule has 3 aliphatic rings. The Hall–Kier alpha value is -6.52.